The van der Waals surface area contributed by atoms with Crippen molar-refractivity contribution in [2.45, 2.75) is 69.4 Å². The average molecular weight is 418 g/mol. The number of nitrogens with one attached hydrogen (secondary N) is 1. The Morgan fingerprint density at radius 3 is 2.00 bits per heavy atom. The van der Waals surface area contributed by atoms with Crippen LogP contribution in [0.1, 0.15) is 69.4 Å². The van der Waals surface area contributed by atoms with Crippen LogP contribution in [-0.4, -0.2) is 28.9 Å². The summed E-state index contributed by atoms with van der Waals surface area (Å²) in [5.74, 6) is 0.0636. The topological polar surface area (TPSA) is 58.6 Å². The van der Waals surface area contributed by atoms with Crippen LogP contribution in [0.4, 0.5) is 4.79 Å². The third kappa shape index (κ3) is 3.02. The van der Waals surface area contributed by atoms with Gasteiger partial charge in [0.05, 0.1) is 5.60 Å². The zero-order valence-electron chi connectivity index (χ0n) is 18.4. The molecule has 0 aromatic heterocycles. The Morgan fingerprint density at radius 1 is 0.903 bits per heavy atom. The normalized spacial score (nSPS) is 37.4. The Bertz CT molecular complexity index is 977. The molecule has 7 rings (SSSR count). The number of amides is 1. The van der Waals surface area contributed by atoms with E-state index in [9.17, 15) is 9.90 Å². The number of rotatable bonds is 3. The molecule has 0 radical (unpaired) electrons. The van der Waals surface area contributed by atoms with Crippen molar-refractivity contribution in [1.82, 2.24) is 5.32 Å². The van der Waals surface area contributed by atoms with E-state index < -0.39 is 5.60 Å². The van der Waals surface area contributed by atoms with Crippen molar-refractivity contribution in [2.75, 3.05) is 6.61 Å². The van der Waals surface area contributed by atoms with Crippen molar-refractivity contribution in [3.05, 3.63) is 59.7 Å². The minimum atomic E-state index is -0.658. The Kier molecular flexibility index (Phi) is 3.83. The SMILES string of the molecule is CC12CC3(C)CC(O)(C1)CC(NC(=O)OCC1c4ccccc4-c4ccccc41)(C2)C3. The summed E-state index contributed by atoms with van der Waals surface area (Å²) in [4.78, 5) is 13.0. The molecule has 5 aliphatic rings. The molecule has 5 aliphatic carbocycles. The van der Waals surface area contributed by atoms with Crippen LogP contribution in [0.15, 0.2) is 48.5 Å². The molecule has 0 heterocycles. The maximum absolute atomic E-state index is 13.0. The summed E-state index contributed by atoms with van der Waals surface area (Å²) < 4.78 is 5.85. The van der Waals surface area contributed by atoms with Crippen LogP contribution in [0, 0.1) is 10.8 Å². The van der Waals surface area contributed by atoms with E-state index >= 15 is 0 Å². The first-order valence-electron chi connectivity index (χ1n) is 11.6. The van der Waals surface area contributed by atoms with Gasteiger partial charge >= 0.3 is 6.09 Å². The number of benzene rings is 2. The molecule has 2 N–H and O–H groups in total. The van der Waals surface area contributed by atoms with Gasteiger partial charge in [-0.05, 0) is 71.6 Å². The smallest absolute Gasteiger partial charge is 0.407 e. The lowest BCUT2D eigenvalue weighted by Crippen LogP contribution is -2.70. The van der Waals surface area contributed by atoms with Crippen LogP contribution in [-0.2, 0) is 4.74 Å². The van der Waals surface area contributed by atoms with Crippen LogP contribution < -0.4 is 5.32 Å². The standard InChI is InChI=1S/C27H31NO3/c1-24-12-25(2)14-26(13-24,17-27(30,15-24)16-25)28-23(29)31-11-22-20-9-5-3-7-18(20)19-8-4-6-10-21(19)22/h3-10,22,30H,11-17H2,1-2H3,(H,28,29). The van der Waals surface area contributed by atoms with Gasteiger partial charge in [0, 0.05) is 11.5 Å². The van der Waals surface area contributed by atoms with Gasteiger partial charge in [-0.3, -0.25) is 0 Å². The van der Waals surface area contributed by atoms with Crippen molar-refractivity contribution in [1.29, 1.82) is 0 Å². The molecule has 0 spiro atoms. The largest absolute Gasteiger partial charge is 0.449 e. The van der Waals surface area contributed by atoms with Crippen LogP contribution in [0.5, 0.6) is 0 Å². The van der Waals surface area contributed by atoms with Crippen LogP contribution in [0.25, 0.3) is 11.1 Å². The fraction of sp³-hybridized carbons (Fsp3) is 0.519. The zero-order chi connectivity index (χ0) is 21.5. The van der Waals surface area contributed by atoms with Crippen LogP contribution in [0.2, 0.25) is 0 Å². The molecular weight excluding hydrogens is 386 g/mol. The molecule has 4 heteroatoms. The molecule has 0 saturated heterocycles. The van der Waals surface area contributed by atoms with Gasteiger partial charge in [-0.25, -0.2) is 4.79 Å². The number of aliphatic hydroxyl groups is 1. The van der Waals surface area contributed by atoms with E-state index in [0.29, 0.717) is 13.0 Å². The van der Waals surface area contributed by atoms with Gasteiger partial charge in [-0.2, -0.15) is 0 Å². The highest BCUT2D eigenvalue weighted by Crippen LogP contribution is 2.67. The van der Waals surface area contributed by atoms with E-state index in [0.717, 1.165) is 32.1 Å². The first kappa shape index (κ1) is 19.4. The van der Waals surface area contributed by atoms with Crippen molar-refractivity contribution >= 4 is 6.09 Å². The molecule has 1 amide bonds. The van der Waals surface area contributed by atoms with Gasteiger partial charge < -0.3 is 15.2 Å². The minimum absolute atomic E-state index is 0.0636. The van der Waals surface area contributed by atoms with Gasteiger partial charge in [0.2, 0.25) is 0 Å². The lowest BCUT2D eigenvalue weighted by atomic mass is 9.41. The molecule has 0 aliphatic heterocycles. The van der Waals surface area contributed by atoms with E-state index in [2.05, 4.69) is 67.7 Å². The fourth-order valence-corrected chi connectivity index (χ4v) is 8.62. The molecular formula is C27H31NO3. The second-order valence-corrected chi connectivity index (χ2v) is 11.6. The molecule has 2 unspecified atom stereocenters. The summed E-state index contributed by atoms with van der Waals surface area (Å²) in [6.07, 6.45) is 5.00. The van der Waals surface area contributed by atoms with Gasteiger partial charge in [-0.1, -0.05) is 62.4 Å². The van der Waals surface area contributed by atoms with Crippen molar-refractivity contribution < 1.29 is 14.6 Å². The molecule has 2 atom stereocenters. The number of alkyl carbamates (subject to hydrolysis) is 1. The van der Waals surface area contributed by atoms with Crippen LogP contribution >= 0.6 is 0 Å². The van der Waals surface area contributed by atoms with Gasteiger partial charge in [-0.15, -0.1) is 0 Å². The van der Waals surface area contributed by atoms with Gasteiger partial charge in [0.15, 0.2) is 0 Å². The summed E-state index contributed by atoms with van der Waals surface area (Å²) in [7, 11) is 0. The molecule has 4 nitrogen and oxygen atoms in total. The predicted octanol–water partition coefficient (Wildman–Crippen LogP) is 5.39. The summed E-state index contributed by atoms with van der Waals surface area (Å²) in [5, 5.41) is 14.5. The number of fused-ring (bicyclic) bond motifs is 3. The highest BCUT2D eigenvalue weighted by atomic mass is 16.5. The highest BCUT2D eigenvalue weighted by molar-refractivity contribution is 5.79. The number of hydrogen-bond acceptors (Lipinski definition) is 3. The Labute approximate surface area is 184 Å². The third-order valence-electron chi connectivity index (χ3n) is 8.27. The monoisotopic (exact) mass is 417 g/mol. The Hall–Kier alpha value is -2.33. The molecule has 31 heavy (non-hydrogen) atoms. The van der Waals surface area contributed by atoms with Crippen molar-refractivity contribution in [3.8, 4) is 11.1 Å². The molecule has 2 aromatic carbocycles. The first-order valence-corrected chi connectivity index (χ1v) is 11.6. The quantitative estimate of drug-likeness (QED) is 0.704. The second kappa shape index (κ2) is 6.13. The van der Waals surface area contributed by atoms with Crippen molar-refractivity contribution in [2.24, 2.45) is 10.8 Å². The number of carbonyl (C=O) groups excluding carboxylic acids is 1. The average Bonchev–Trinajstić information content (AvgIpc) is 2.96. The van der Waals surface area contributed by atoms with Crippen LogP contribution in [0.3, 0.4) is 0 Å². The maximum Gasteiger partial charge on any atom is 0.407 e. The first-order chi connectivity index (χ1) is 14.7. The summed E-state index contributed by atoms with van der Waals surface area (Å²) in [6.45, 7) is 4.89. The lowest BCUT2D eigenvalue weighted by molar-refractivity contribution is -0.202. The second-order valence-electron chi connectivity index (χ2n) is 11.6. The molecule has 162 valence electrons. The number of ether oxygens (including phenoxy) is 1. The molecule has 2 aromatic rings. The summed E-state index contributed by atoms with van der Waals surface area (Å²) in [5.41, 5.74) is 4.09. The predicted molar refractivity (Wildman–Crippen MR) is 120 cm³/mol. The van der Waals surface area contributed by atoms with Gasteiger partial charge in [0.25, 0.3) is 0 Å². The Balaban J connectivity index is 1.20. The highest BCUT2D eigenvalue weighted by Gasteiger charge is 2.65. The molecule has 4 fully saturated rings. The van der Waals surface area contributed by atoms with E-state index in [1.165, 1.54) is 22.3 Å². The van der Waals surface area contributed by atoms with Gasteiger partial charge in [0.1, 0.15) is 6.61 Å². The molecule has 4 saturated carbocycles. The van der Waals surface area contributed by atoms with E-state index in [-0.39, 0.29) is 28.4 Å². The van der Waals surface area contributed by atoms with E-state index in [1.54, 1.807) is 0 Å². The number of carbonyl (C=O) groups is 1. The van der Waals surface area contributed by atoms with E-state index in [1.807, 2.05) is 0 Å². The Morgan fingerprint density at radius 2 is 1.45 bits per heavy atom. The lowest BCUT2D eigenvalue weighted by Gasteiger charge is -2.67. The summed E-state index contributed by atoms with van der Waals surface area (Å²) in [6, 6.07) is 16.8. The number of hydrogen-bond donors (Lipinski definition) is 2. The summed E-state index contributed by atoms with van der Waals surface area (Å²) >= 11 is 0. The zero-order valence-corrected chi connectivity index (χ0v) is 18.4. The minimum Gasteiger partial charge on any atom is -0.449 e. The third-order valence-corrected chi connectivity index (χ3v) is 8.27. The van der Waals surface area contributed by atoms with E-state index in [4.69, 9.17) is 4.74 Å². The fourth-order valence-electron chi connectivity index (χ4n) is 8.62. The molecule has 4 bridgehead atoms. The maximum atomic E-state index is 13.0. The van der Waals surface area contributed by atoms with Crippen molar-refractivity contribution in [3.63, 3.8) is 0 Å².